The average molecular weight is 259 g/mol. The molecular formula is C13H16F3NO. The number of piperidine rings is 1. The van der Waals surface area contributed by atoms with E-state index in [0.717, 1.165) is 5.56 Å². The van der Waals surface area contributed by atoms with Gasteiger partial charge in [-0.3, -0.25) is 0 Å². The fourth-order valence-corrected chi connectivity index (χ4v) is 2.44. The molecule has 100 valence electrons. The monoisotopic (exact) mass is 259 g/mol. The minimum absolute atomic E-state index is 0.109. The second kappa shape index (κ2) is 5.28. The molecule has 1 aromatic carbocycles. The third kappa shape index (κ3) is 3.03. The number of rotatable bonds is 2. The van der Waals surface area contributed by atoms with Gasteiger partial charge in [0.15, 0.2) is 6.10 Å². The van der Waals surface area contributed by atoms with Crippen molar-refractivity contribution in [3.05, 3.63) is 35.9 Å². The molecule has 2 N–H and O–H groups in total. The Balaban J connectivity index is 2.05. The lowest BCUT2D eigenvalue weighted by Crippen LogP contribution is -2.42. The summed E-state index contributed by atoms with van der Waals surface area (Å²) in [6, 6.07) is 9.26. The third-order valence-electron chi connectivity index (χ3n) is 3.43. The lowest BCUT2D eigenvalue weighted by Gasteiger charge is -2.34. The minimum Gasteiger partial charge on any atom is -0.383 e. The summed E-state index contributed by atoms with van der Waals surface area (Å²) in [5.74, 6) is -0.726. The second-order valence-electron chi connectivity index (χ2n) is 4.69. The quantitative estimate of drug-likeness (QED) is 0.855. The van der Waals surface area contributed by atoms with Crippen molar-refractivity contribution < 1.29 is 18.3 Å². The van der Waals surface area contributed by atoms with Crippen molar-refractivity contribution >= 4 is 0 Å². The Morgan fingerprint density at radius 3 is 2.50 bits per heavy atom. The Morgan fingerprint density at radius 2 is 1.89 bits per heavy atom. The van der Waals surface area contributed by atoms with Crippen LogP contribution in [0.1, 0.15) is 24.4 Å². The van der Waals surface area contributed by atoms with Crippen LogP contribution in [0, 0.1) is 5.92 Å². The van der Waals surface area contributed by atoms with Crippen LogP contribution in [0.4, 0.5) is 13.2 Å². The van der Waals surface area contributed by atoms with Crippen LogP contribution in [0.2, 0.25) is 0 Å². The lowest BCUT2D eigenvalue weighted by atomic mass is 9.85. The Labute approximate surface area is 104 Å². The molecule has 0 saturated carbocycles. The van der Waals surface area contributed by atoms with Crippen molar-refractivity contribution in [3.63, 3.8) is 0 Å². The van der Waals surface area contributed by atoms with Gasteiger partial charge in [0.2, 0.25) is 0 Å². The molecule has 1 aromatic rings. The Bertz CT molecular complexity index is 380. The first-order chi connectivity index (χ1) is 8.48. The normalized spacial score (nSPS) is 26.9. The van der Waals surface area contributed by atoms with E-state index in [4.69, 9.17) is 0 Å². The summed E-state index contributed by atoms with van der Waals surface area (Å²) in [6.07, 6.45) is -6.08. The predicted molar refractivity (Wildman–Crippen MR) is 62.0 cm³/mol. The highest BCUT2D eigenvalue weighted by molar-refractivity contribution is 5.19. The molecule has 1 aliphatic rings. The zero-order chi connectivity index (χ0) is 13.2. The zero-order valence-corrected chi connectivity index (χ0v) is 9.82. The Morgan fingerprint density at radius 1 is 1.22 bits per heavy atom. The van der Waals surface area contributed by atoms with Crippen LogP contribution in [0.3, 0.4) is 0 Å². The highest BCUT2D eigenvalue weighted by atomic mass is 19.4. The summed E-state index contributed by atoms with van der Waals surface area (Å²) in [4.78, 5) is 0. The molecule has 1 saturated heterocycles. The zero-order valence-electron chi connectivity index (χ0n) is 9.82. The van der Waals surface area contributed by atoms with Crippen LogP contribution in [0.25, 0.3) is 0 Å². The number of hydrogen-bond donors (Lipinski definition) is 2. The number of aliphatic hydroxyl groups is 1. The number of benzene rings is 1. The van der Waals surface area contributed by atoms with Crippen molar-refractivity contribution in [3.8, 4) is 0 Å². The maximum absolute atomic E-state index is 12.5. The van der Waals surface area contributed by atoms with E-state index in [1.54, 1.807) is 0 Å². The molecule has 1 fully saturated rings. The van der Waals surface area contributed by atoms with Crippen LogP contribution in [-0.4, -0.2) is 23.9 Å². The van der Waals surface area contributed by atoms with Crippen LogP contribution in [0.5, 0.6) is 0 Å². The molecule has 2 rings (SSSR count). The minimum atomic E-state index is -4.52. The molecule has 18 heavy (non-hydrogen) atoms. The van der Waals surface area contributed by atoms with Gasteiger partial charge in [-0.05, 0) is 30.9 Å². The number of hydrogen-bond acceptors (Lipinski definition) is 2. The molecule has 2 nitrogen and oxygen atoms in total. The van der Waals surface area contributed by atoms with E-state index >= 15 is 0 Å². The third-order valence-corrected chi connectivity index (χ3v) is 3.43. The van der Waals surface area contributed by atoms with E-state index in [1.165, 1.54) is 0 Å². The molecule has 0 amide bonds. The van der Waals surface area contributed by atoms with Gasteiger partial charge in [0, 0.05) is 6.04 Å². The number of alkyl halides is 3. The summed E-state index contributed by atoms with van der Waals surface area (Å²) in [6.45, 7) is 0.497. The van der Waals surface area contributed by atoms with Gasteiger partial charge in [-0.2, -0.15) is 13.2 Å². The van der Waals surface area contributed by atoms with Gasteiger partial charge in [0.25, 0.3) is 0 Å². The molecule has 1 heterocycles. The molecule has 1 aliphatic heterocycles. The molecule has 3 atom stereocenters. The van der Waals surface area contributed by atoms with Gasteiger partial charge in [-0.1, -0.05) is 30.3 Å². The van der Waals surface area contributed by atoms with E-state index in [-0.39, 0.29) is 6.04 Å². The fraction of sp³-hybridized carbons (Fsp3) is 0.538. The van der Waals surface area contributed by atoms with Gasteiger partial charge < -0.3 is 10.4 Å². The topological polar surface area (TPSA) is 32.3 Å². The van der Waals surface area contributed by atoms with Crippen molar-refractivity contribution in [1.29, 1.82) is 0 Å². The number of aliphatic hydroxyl groups excluding tert-OH is 1. The van der Waals surface area contributed by atoms with E-state index in [1.807, 2.05) is 30.3 Å². The molecular weight excluding hydrogens is 243 g/mol. The Hall–Kier alpha value is -1.07. The van der Waals surface area contributed by atoms with Gasteiger partial charge in [0.1, 0.15) is 0 Å². The molecule has 0 spiro atoms. The number of halogens is 3. The summed E-state index contributed by atoms with van der Waals surface area (Å²) in [7, 11) is 0. The highest BCUT2D eigenvalue weighted by Gasteiger charge is 2.44. The molecule has 0 aliphatic carbocycles. The van der Waals surface area contributed by atoms with E-state index in [9.17, 15) is 18.3 Å². The molecule has 0 aromatic heterocycles. The van der Waals surface area contributed by atoms with E-state index in [0.29, 0.717) is 19.4 Å². The van der Waals surface area contributed by atoms with Crippen molar-refractivity contribution in [2.45, 2.75) is 31.2 Å². The summed E-state index contributed by atoms with van der Waals surface area (Å²) >= 11 is 0. The van der Waals surface area contributed by atoms with Gasteiger partial charge >= 0.3 is 6.18 Å². The summed E-state index contributed by atoms with van der Waals surface area (Å²) < 4.78 is 37.5. The first kappa shape index (κ1) is 13.4. The predicted octanol–water partition coefficient (Wildman–Crippen LogP) is 2.65. The van der Waals surface area contributed by atoms with Crippen molar-refractivity contribution in [1.82, 2.24) is 5.32 Å². The Kier molecular flexibility index (Phi) is 3.92. The van der Waals surface area contributed by atoms with Gasteiger partial charge in [0.05, 0.1) is 0 Å². The first-order valence-corrected chi connectivity index (χ1v) is 6.01. The highest BCUT2D eigenvalue weighted by Crippen LogP contribution is 2.35. The van der Waals surface area contributed by atoms with Crippen LogP contribution < -0.4 is 5.32 Å². The summed E-state index contributed by atoms with van der Waals surface area (Å²) in [5, 5.41) is 12.5. The summed E-state index contributed by atoms with van der Waals surface area (Å²) in [5.41, 5.74) is 0.969. The van der Waals surface area contributed by atoms with Crippen LogP contribution in [-0.2, 0) is 0 Å². The average Bonchev–Trinajstić information content (AvgIpc) is 2.38. The molecule has 0 bridgehead atoms. The molecule has 3 unspecified atom stereocenters. The fourth-order valence-electron chi connectivity index (χ4n) is 2.44. The first-order valence-electron chi connectivity index (χ1n) is 6.01. The smallest absolute Gasteiger partial charge is 0.383 e. The van der Waals surface area contributed by atoms with Crippen molar-refractivity contribution in [2.75, 3.05) is 6.54 Å². The van der Waals surface area contributed by atoms with Crippen LogP contribution >= 0.6 is 0 Å². The van der Waals surface area contributed by atoms with Crippen LogP contribution in [0.15, 0.2) is 30.3 Å². The van der Waals surface area contributed by atoms with E-state index in [2.05, 4.69) is 5.32 Å². The molecule has 0 radical (unpaired) electrons. The standard InChI is InChI=1S/C13H16F3NO/c14-13(15,16)12(18)10-6-7-17-11(8-10)9-4-2-1-3-5-9/h1-5,10-12,17-18H,6-8H2. The SMILES string of the molecule is OC(C1CCNC(c2ccccc2)C1)C(F)(F)F. The van der Waals surface area contributed by atoms with Crippen molar-refractivity contribution in [2.24, 2.45) is 5.92 Å². The van der Waals surface area contributed by atoms with E-state index < -0.39 is 18.2 Å². The largest absolute Gasteiger partial charge is 0.414 e. The molecule has 5 heteroatoms. The lowest BCUT2D eigenvalue weighted by molar-refractivity contribution is -0.222. The van der Waals surface area contributed by atoms with Gasteiger partial charge in [-0.25, -0.2) is 0 Å². The maximum atomic E-state index is 12.5. The van der Waals surface area contributed by atoms with Gasteiger partial charge in [-0.15, -0.1) is 0 Å². The second-order valence-corrected chi connectivity index (χ2v) is 4.69. The maximum Gasteiger partial charge on any atom is 0.414 e. The number of nitrogens with one attached hydrogen (secondary N) is 1.